The Morgan fingerprint density at radius 3 is 2.75 bits per heavy atom. The van der Waals surface area contributed by atoms with E-state index >= 15 is 0 Å². The van der Waals surface area contributed by atoms with E-state index in [1.54, 1.807) is 0 Å². The van der Waals surface area contributed by atoms with E-state index in [-0.39, 0.29) is 0 Å². The Bertz CT molecular complexity index is 410. The van der Waals surface area contributed by atoms with Crippen molar-refractivity contribution in [1.82, 2.24) is 5.32 Å². The van der Waals surface area contributed by atoms with Crippen LogP contribution in [0.1, 0.15) is 39.0 Å². The molecule has 0 bridgehead atoms. The van der Waals surface area contributed by atoms with Gasteiger partial charge in [-0.05, 0) is 37.4 Å². The van der Waals surface area contributed by atoms with Crippen LogP contribution in [0.4, 0.5) is 0 Å². The van der Waals surface area contributed by atoms with Crippen molar-refractivity contribution < 1.29 is 0 Å². The van der Waals surface area contributed by atoms with Crippen molar-refractivity contribution in [2.45, 2.75) is 50.0 Å². The topological polar surface area (TPSA) is 12.0 Å². The van der Waals surface area contributed by atoms with Gasteiger partial charge in [-0.15, -0.1) is 11.8 Å². The molecule has 3 atom stereocenters. The minimum absolute atomic E-state index is 0.599. The maximum absolute atomic E-state index is 6.25. The summed E-state index contributed by atoms with van der Waals surface area (Å²) in [5, 5.41) is 4.44. The normalized spacial score (nSPS) is 24.6. The maximum Gasteiger partial charge on any atom is 0.0541 e. The SMILES string of the molecule is CCC1CCCCC1C(CSc1ccccc1Cl)NC. The van der Waals surface area contributed by atoms with E-state index in [4.69, 9.17) is 11.6 Å². The Labute approximate surface area is 132 Å². The van der Waals surface area contributed by atoms with Crippen LogP contribution in [0.2, 0.25) is 5.02 Å². The molecule has 0 radical (unpaired) electrons. The van der Waals surface area contributed by atoms with Gasteiger partial charge >= 0.3 is 0 Å². The van der Waals surface area contributed by atoms with Gasteiger partial charge in [0.1, 0.15) is 0 Å². The molecule has 0 spiro atoms. The third-order valence-electron chi connectivity index (χ3n) is 4.63. The molecule has 3 unspecified atom stereocenters. The average Bonchev–Trinajstić information content (AvgIpc) is 2.50. The molecule has 0 aliphatic heterocycles. The Balaban J connectivity index is 1.96. The molecule has 2 rings (SSSR count). The molecule has 1 saturated carbocycles. The third kappa shape index (κ3) is 4.16. The van der Waals surface area contributed by atoms with Gasteiger partial charge in [-0.1, -0.05) is 56.3 Å². The smallest absolute Gasteiger partial charge is 0.0541 e. The highest BCUT2D eigenvalue weighted by atomic mass is 35.5. The fourth-order valence-corrected chi connectivity index (χ4v) is 4.89. The van der Waals surface area contributed by atoms with Crippen molar-refractivity contribution in [3.05, 3.63) is 29.3 Å². The summed E-state index contributed by atoms with van der Waals surface area (Å²) in [7, 11) is 2.11. The lowest BCUT2D eigenvalue weighted by molar-refractivity contribution is 0.190. The molecule has 20 heavy (non-hydrogen) atoms. The van der Waals surface area contributed by atoms with Crippen LogP contribution in [0.5, 0.6) is 0 Å². The molecule has 3 heteroatoms. The summed E-state index contributed by atoms with van der Waals surface area (Å²) in [6.45, 7) is 2.34. The molecule has 1 fully saturated rings. The van der Waals surface area contributed by atoms with E-state index in [2.05, 4.69) is 31.4 Å². The summed E-state index contributed by atoms with van der Waals surface area (Å²) in [6, 6.07) is 8.77. The predicted molar refractivity (Wildman–Crippen MR) is 90.8 cm³/mol. The van der Waals surface area contributed by atoms with Gasteiger partial charge in [0.25, 0.3) is 0 Å². The number of thioether (sulfide) groups is 1. The van der Waals surface area contributed by atoms with E-state index in [0.29, 0.717) is 6.04 Å². The number of benzene rings is 1. The molecule has 1 aliphatic rings. The van der Waals surface area contributed by atoms with Gasteiger partial charge in [0.2, 0.25) is 0 Å². The minimum Gasteiger partial charge on any atom is -0.316 e. The average molecular weight is 312 g/mol. The number of hydrogen-bond donors (Lipinski definition) is 1. The third-order valence-corrected chi connectivity index (χ3v) is 6.27. The Morgan fingerprint density at radius 1 is 1.30 bits per heavy atom. The van der Waals surface area contributed by atoms with E-state index in [9.17, 15) is 0 Å². The van der Waals surface area contributed by atoms with Crippen LogP contribution in [0.3, 0.4) is 0 Å². The first-order valence-electron chi connectivity index (χ1n) is 7.80. The molecular formula is C17H26ClNS. The Kier molecular flexibility index (Phi) is 6.73. The highest BCUT2D eigenvalue weighted by Crippen LogP contribution is 2.36. The van der Waals surface area contributed by atoms with Crippen LogP contribution in [0.15, 0.2) is 29.2 Å². The molecule has 0 amide bonds. The predicted octanol–water partition coefficient (Wildman–Crippen LogP) is 5.24. The number of rotatable bonds is 6. The standard InChI is InChI=1S/C17H26ClNS/c1-3-13-8-4-5-9-14(13)16(19-2)12-20-17-11-7-6-10-15(17)18/h6-7,10-11,13-14,16,19H,3-5,8-9,12H2,1-2H3. The lowest BCUT2D eigenvalue weighted by atomic mass is 9.74. The van der Waals surface area contributed by atoms with Crippen molar-refractivity contribution in [3.8, 4) is 0 Å². The van der Waals surface area contributed by atoms with Crippen LogP contribution in [-0.4, -0.2) is 18.8 Å². The lowest BCUT2D eigenvalue weighted by Crippen LogP contribution is -2.41. The molecule has 1 aliphatic carbocycles. The Hall–Kier alpha value is -0.180. The molecule has 1 aromatic carbocycles. The van der Waals surface area contributed by atoms with Crippen LogP contribution in [-0.2, 0) is 0 Å². The lowest BCUT2D eigenvalue weighted by Gasteiger charge is -2.36. The summed E-state index contributed by atoms with van der Waals surface area (Å²) < 4.78 is 0. The highest BCUT2D eigenvalue weighted by molar-refractivity contribution is 7.99. The summed E-state index contributed by atoms with van der Waals surface area (Å²) in [6.07, 6.45) is 6.93. The summed E-state index contributed by atoms with van der Waals surface area (Å²) in [5.41, 5.74) is 0. The van der Waals surface area contributed by atoms with Crippen molar-refractivity contribution >= 4 is 23.4 Å². The second-order valence-corrected chi connectivity index (χ2v) is 7.22. The monoisotopic (exact) mass is 311 g/mol. The second kappa shape index (κ2) is 8.31. The van der Waals surface area contributed by atoms with E-state index in [1.165, 1.54) is 37.0 Å². The number of hydrogen-bond acceptors (Lipinski definition) is 2. The van der Waals surface area contributed by atoms with Gasteiger partial charge in [-0.25, -0.2) is 0 Å². The molecule has 1 nitrogen and oxygen atoms in total. The van der Waals surface area contributed by atoms with Crippen molar-refractivity contribution in [1.29, 1.82) is 0 Å². The first-order chi connectivity index (χ1) is 9.76. The van der Waals surface area contributed by atoms with E-state index < -0.39 is 0 Å². The quantitative estimate of drug-likeness (QED) is 0.721. The van der Waals surface area contributed by atoms with Gasteiger partial charge in [0.05, 0.1) is 5.02 Å². The molecule has 112 valence electrons. The molecule has 0 saturated heterocycles. The minimum atomic E-state index is 0.599. The highest BCUT2D eigenvalue weighted by Gasteiger charge is 2.29. The van der Waals surface area contributed by atoms with Crippen molar-refractivity contribution in [2.24, 2.45) is 11.8 Å². The van der Waals surface area contributed by atoms with Crippen molar-refractivity contribution in [3.63, 3.8) is 0 Å². The second-order valence-electron chi connectivity index (χ2n) is 5.75. The fourth-order valence-electron chi connectivity index (χ4n) is 3.44. The van der Waals surface area contributed by atoms with Gasteiger partial charge in [-0.2, -0.15) is 0 Å². The van der Waals surface area contributed by atoms with Gasteiger partial charge < -0.3 is 5.32 Å². The molecule has 0 heterocycles. The largest absolute Gasteiger partial charge is 0.316 e. The molecule has 0 aromatic heterocycles. The van der Waals surface area contributed by atoms with Gasteiger partial charge in [0, 0.05) is 16.7 Å². The summed E-state index contributed by atoms with van der Waals surface area (Å²) in [5.74, 6) is 2.84. The Morgan fingerprint density at radius 2 is 2.05 bits per heavy atom. The first-order valence-corrected chi connectivity index (χ1v) is 9.17. The maximum atomic E-state index is 6.25. The van der Waals surface area contributed by atoms with E-state index in [1.807, 2.05) is 23.9 Å². The van der Waals surface area contributed by atoms with Crippen LogP contribution >= 0.6 is 23.4 Å². The molecule has 1 N–H and O–H groups in total. The van der Waals surface area contributed by atoms with Crippen molar-refractivity contribution in [2.75, 3.05) is 12.8 Å². The summed E-state index contributed by atoms with van der Waals surface area (Å²) >= 11 is 8.14. The van der Waals surface area contributed by atoms with E-state index in [0.717, 1.165) is 22.6 Å². The zero-order valence-corrected chi connectivity index (χ0v) is 14.1. The molecular weight excluding hydrogens is 286 g/mol. The number of halogens is 1. The number of nitrogens with one attached hydrogen (secondary N) is 1. The van der Waals surface area contributed by atoms with Gasteiger partial charge in [-0.3, -0.25) is 0 Å². The first kappa shape index (κ1) is 16.2. The van der Waals surface area contributed by atoms with Crippen LogP contribution in [0.25, 0.3) is 0 Å². The van der Waals surface area contributed by atoms with Gasteiger partial charge in [0.15, 0.2) is 0 Å². The zero-order valence-electron chi connectivity index (χ0n) is 12.6. The summed E-state index contributed by atoms with van der Waals surface area (Å²) in [4.78, 5) is 1.21. The fraction of sp³-hybridized carbons (Fsp3) is 0.647. The van der Waals surface area contributed by atoms with Crippen LogP contribution in [0, 0.1) is 11.8 Å². The zero-order chi connectivity index (χ0) is 14.4. The molecule has 1 aromatic rings. The van der Waals surface area contributed by atoms with Crippen LogP contribution < -0.4 is 5.32 Å².